The summed E-state index contributed by atoms with van der Waals surface area (Å²) in [6.07, 6.45) is 2.11. The molecule has 0 heterocycles. The molecule has 5 nitrogen and oxygen atoms in total. The van der Waals surface area contributed by atoms with Gasteiger partial charge < -0.3 is 15.5 Å². The molecule has 1 aromatic rings. The molecule has 0 radical (unpaired) electrons. The molecule has 2 N–H and O–H groups in total. The molecule has 0 aromatic heterocycles. The Morgan fingerprint density at radius 2 is 2.10 bits per heavy atom. The largest absolute Gasteiger partial charge is 0.336 e. The maximum Gasteiger partial charge on any atom is 0.315 e. The SMILES string of the molecule is CC(=O)N(CCNC(=O)NC1CC1)c1ccc(Cl)cc1C. The number of amides is 3. The number of halogens is 1. The van der Waals surface area contributed by atoms with Crippen LogP contribution in [0.1, 0.15) is 25.3 Å². The number of aryl methyl sites for hydroxylation is 1. The molecule has 0 spiro atoms. The molecule has 0 saturated heterocycles. The lowest BCUT2D eigenvalue weighted by Gasteiger charge is -2.23. The molecule has 0 unspecified atom stereocenters. The van der Waals surface area contributed by atoms with E-state index in [1.165, 1.54) is 6.92 Å². The summed E-state index contributed by atoms with van der Waals surface area (Å²) in [6.45, 7) is 4.25. The second kappa shape index (κ2) is 6.80. The van der Waals surface area contributed by atoms with Crippen molar-refractivity contribution in [1.82, 2.24) is 10.6 Å². The van der Waals surface area contributed by atoms with Crippen LogP contribution in [-0.4, -0.2) is 31.1 Å². The number of anilines is 1. The summed E-state index contributed by atoms with van der Waals surface area (Å²) in [5.41, 5.74) is 1.75. The molecule has 0 aliphatic heterocycles. The van der Waals surface area contributed by atoms with E-state index in [2.05, 4.69) is 10.6 Å². The quantitative estimate of drug-likeness (QED) is 0.877. The van der Waals surface area contributed by atoms with Crippen molar-refractivity contribution < 1.29 is 9.59 Å². The molecule has 21 heavy (non-hydrogen) atoms. The fraction of sp³-hybridized carbons (Fsp3) is 0.467. The maximum atomic E-state index is 11.8. The van der Waals surface area contributed by atoms with E-state index in [0.717, 1.165) is 24.1 Å². The van der Waals surface area contributed by atoms with Gasteiger partial charge in [0.15, 0.2) is 0 Å². The highest BCUT2D eigenvalue weighted by Gasteiger charge is 2.23. The normalized spacial score (nSPS) is 13.7. The highest BCUT2D eigenvalue weighted by molar-refractivity contribution is 6.30. The van der Waals surface area contributed by atoms with Gasteiger partial charge in [-0.15, -0.1) is 0 Å². The summed E-state index contributed by atoms with van der Waals surface area (Å²) in [5.74, 6) is -0.0650. The number of carbonyl (C=O) groups is 2. The number of urea groups is 1. The van der Waals surface area contributed by atoms with Crippen LogP contribution in [0.2, 0.25) is 5.02 Å². The van der Waals surface area contributed by atoms with Gasteiger partial charge in [-0.2, -0.15) is 0 Å². The number of rotatable bonds is 5. The first-order valence-corrected chi connectivity index (χ1v) is 7.44. The van der Waals surface area contributed by atoms with E-state index in [9.17, 15) is 9.59 Å². The zero-order chi connectivity index (χ0) is 15.4. The second-order valence-corrected chi connectivity index (χ2v) is 5.71. The Hall–Kier alpha value is -1.75. The van der Waals surface area contributed by atoms with Crippen molar-refractivity contribution >= 4 is 29.2 Å². The van der Waals surface area contributed by atoms with E-state index < -0.39 is 0 Å². The Morgan fingerprint density at radius 1 is 1.38 bits per heavy atom. The number of hydrogen-bond donors (Lipinski definition) is 2. The molecule has 3 amide bonds. The minimum atomic E-state index is -0.172. The average molecular weight is 310 g/mol. The standard InChI is InChI=1S/C15H20ClN3O2/c1-10-9-12(16)3-6-14(10)19(11(2)20)8-7-17-15(21)18-13-4-5-13/h3,6,9,13H,4-5,7-8H2,1-2H3,(H2,17,18,21). The Bertz CT molecular complexity index is 544. The van der Waals surface area contributed by atoms with Crippen LogP contribution in [0, 0.1) is 6.92 Å². The lowest BCUT2D eigenvalue weighted by Crippen LogP contribution is -2.42. The predicted octanol–water partition coefficient (Wildman–Crippen LogP) is 2.46. The summed E-state index contributed by atoms with van der Waals surface area (Å²) in [6, 6.07) is 5.55. The van der Waals surface area contributed by atoms with Crippen LogP contribution in [0.15, 0.2) is 18.2 Å². The Labute approximate surface area is 129 Å². The van der Waals surface area contributed by atoms with Gasteiger partial charge in [0.2, 0.25) is 5.91 Å². The summed E-state index contributed by atoms with van der Waals surface area (Å²) < 4.78 is 0. The smallest absolute Gasteiger partial charge is 0.315 e. The molecule has 114 valence electrons. The van der Waals surface area contributed by atoms with Crippen molar-refractivity contribution in [3.63, 3.8) is 0 Å². The maximum absolute atomic E-state index is 11.8. The first kappa shape index (κ1) is 15.6. The molecule has 2 rings (SSSR count). The number of hydrogen-bond acceptors (Lipinski definition) is 2. The van der Waals surface area contributed by atoms with Crippen molar-refractivity contribution in [2.45, 2.75) is 32.7 Å². The van der Waals surface area contributed by atoms with Crippen LogP contribution < -0.4 is 15.5 Å². The van der Waals surface area contributed by atoms with Gasteiger partial charge in [-0.1, -0.05) is 11.6 Å². The molecule has 1 saturated carbocycles. The van der Waals surface area contributed by atoms with E-state index in [4.69, 9.17) is 11.6 Å². The number of nitrogens with zero attached hydrogens (tertiary/aromatic N) is 1. The fourth-order valence-electron chi connectivity index (χ4n) is 2.11. The third-order valence-corrected chi connectivity index (χ3v) is 3.60. The zero-order valence-corrected chi connectivity index (χ0v) is 13.0. The lowest BCUT2D eigenvalue weighted by molar-refractivity contribution is -0.116. The van der Waals surface area contributed by atoms with E-state index in [1.54, 1.807) is 11.0 Å². The van der Waals surface area contributed by atoms with Gasteiger partial charge in [-0.3, -0.25) is 4.79 Å². The minimum Gasteiger partial charge on any atom is -0.336 e. The Kier molecular flexibility index (Phi) is 5.07. The molecule has 0 atom stereocenters. The molecule has 1 aliphatic rings. The Balaban J connectivity index is 1.92. The van der Waals surface area contributed by atoms with Gasteiger partial charge in [-0.05, 0) is 43.5 Å². The van der Waals surface area contributed by atoms with Gasteiger partial charge in [-0.25, -0.2) is 4.79 Å². The van der Waals surface area contributed by atoms with Crippen molar-refractivity contribution in [3.05, 3.63) is 28.8 Å². The monoisotopic (exact) mass is 309 g/mol. The first-order valence-electron chi connectivity index (χ1n) is 7.06. The van der Waals surface area contributed by atoms with Crippen LogP contribution in [0.5, 0.6) is 0 Å². The number of carbonyl (C=O) groups excluding carboxylic acids is 2. The van der Waals surface area contributed by atoms with E-state index in [-0.39, 0.29) is 11.9 Å². The number of benzene rings is 1. The number of nitrogens with one attached hydrogen (secondary N) is 2. The van der Waals surface area contributed by atoms with Crippen LogP contribution in [0.25, 0.3) is 0 Å². The van der Waals surface area contributed by atoms with Crippen LogP contribution >= 0.6 is 11.6 Å². The summed E-state index contributed by atoms with van der Waals surface area (Å²) in [4.78, 5) is 25.0. The van der Waals surface area contributed by atoms with Crippen LogP contribution in [-0.2, 0) is 4.79 Å². The first-order chi connectivity index (χ1) is 9.97. The summed E-state index contributed by atoms with van der Waals surface area (Å²) in [5, 5.41) is 6.25. The third-order valence-electron chi connectivity index (χ3n) is 3.36. The molecule has 1 fully saturated rings. The van der Waals surface area contributed by atoms with Gasteiger partial charge in [0.25, 0.3) is 0 Å². The van der Waals surface area contributed by atoms with Crippen molar-refractivity contribution in [2.24, 2.45) is 0 Å². The van der Waals surface area contributed by atoms with Gasteiger partial charge in [0.1, 0.15) is 0 Å². The summed E-state index contributed by atoms with van der Waals surface area (Å²) >= 11 is 5.93. The van der Waals surface area contributed by atoms with Crippen LogP contribution in [0.4, 0.5) is 10.5 Å². The minimum absolute atomic E-state index is 0.0650. The van der Waals surface area contributed by atoms with Gasteiger partial charge in [0.05, 0.1) is 0 Å². The summed E-state index contributed by atoms with van der Waals surface area (Å²) in [7, 11) is 0. The predicted molar refractivity (Wildman–Crippen MR) is 83.8 cm³/mol. The fourth-order valence-corrected chi connectivity index (χ4v) is 2.34. The zero-order valence-electron chi connectivity index (χ0n) is 12.3. The lowest BCUT2D eigenvalue weighted by atomic mass is 10.2. The van der Waals surface area contributed by atoms with Crippen molar-refractivity contribution in [2.75, 3.05) is 18.0 Å². The van der Waals surface area contributed by atoms with E-state index >= 15 is 0 Å². The second-order valence-electron chi connectivity index (χ2n) is 5.28. The molecule has 6 heteroatoms. The van der Waals surface area contributed by atoms with Crippen molar-refractivity contribution in [3.8, 4) is 0 Å². The molecule has 1 aromatic carbocycles. The molecule has 1 aliphatic carbocycles. The molecular weight excluding hydrogens is 290 g/mol. The topological polar surface area (TPSA) is 61.4 Å². The van der Waals surface area contributed by atoms with Gasteiger partial charge >= 0.3 is 6.03 Å². The highest BCUT2D eigenvalue weighted by Crippen LogP contribution is 2.23. The van der Waals surface area contributed by atoms with Gasteiger partial charge in [0, 0.05) is 36.8 Å². The van der Waals surface area contributed by atoms with Crippen molar-refractivity contribution in [1.29, 1.82) is 0 Å². The van der Waals surface area contributed by atoms with E-state index in [0.29, 0.717) is 24.2 Å². The van der Waals surface area contributed by atoms with Crippen LogP contribution in [0.3, 0.4) is 0 Å². The molecular formula is C15H20ClN3O2. The highest BCUT2D eigenvalue weighted by atomic mass is 35.5. The molecule has 0 bridgehead atoms. The third kappa shape index (κ3) is 4.63. The van der Waals surface area contributed by atoms with E-state index in [1.807, 2.05) is 19.1 Å². The average Bonchev–Trinajstić information content (AvgIpc) is 3.19. The Morgan fingerprint density at radius 3 is 2.67 bits per heavy atom.